The molecular formula is C11H14IN3O2. The number of hydrogen-bond donors (Lipinski definition) is 1. The first kappa shape index (κ1) is 12.6. The van der Waals surface area contributed by atoms with Crippen LogP contribution in [0.5, 0.6) is 0 Å². The lowest BCUT2D eigenvalue weighted by molar-refractivity contribution is -0.120. The van der Waals surface area contributed by atoms with Gasteiger partial charge in [0.25, 0.3) is 0 Å². The molecule has 1 unspecified atom stereocenters. The quantitative estimate of drug-likeness (QED) is 0.644. The van der Waals surface area contributed by atoms with E-state index in [4.69, 9.17) is 10.5 Å². The number of nitrogens with two attached hydrogens (primary N) is 1. The molecule has 0 aliphatic carbocycles. The number of para-hydroxylation sites is 2. The number of methoxy groups -OCH3 is 1. The summed E-state index contributed by atoms with van der Waals surface area (Å²) in [6.45, 7) is 0.713. The summed E-state index contributed by atoms with van der Waals surface area (Å²) < 4.78 is 7.04. The molecule has 0 spiro atoms. The zero-order chi connectivity index (χ0) is 12.4. The summed E-state index contributed by atoms with van der Waals surface area (Å²) in [6.07, 6.45) is 0. The van der Waals surface area contributed by atoms with Gasteiger partial charge in [-0.2, -0.15) is 0 Å². The number of hydrogen-bond acceptors (Lipinski definition) is 4. The average molecular weight is 347 g/mol. The number of fused-ring (bicyclic) bond motifs is 1. The first-order valence-electron chi connectivity index (χ1n) is 5.23. The van der Waals surface area contributed by atoms with Gasteiger partial charge in [0.15, 0.2) is 0 Å². The lowest BCUT2D eigenvalue weighted by Crippen LogP contribution is -2.46. The van der Waals surface area contributed by atoms with Crippen molar-refractivity contribution in [2.45, 2.75) is 6.04 Å². The predicted molar refractivity (Wildman–Crippen MR) is 75.1 cm³/mol. The minimum atomic E-state index is -0.533. The Kier molecular flexibility index (Phi) is 3.85. The Morgan fingerprint density at radius 1 is 1.47 bits per heavy atom. The van der Waals surface area contributed by atoms with E-state index in [0.717, 1.165) is 11.4 Å². The molecule has 0 bridgehead atoms. The standard InChI is InChI=1S/C11H14IN3O2/c1-17-7-14-9-4-2-3-5-10(9)15(12)6-8(13)11(14)16/h2-5,8H,6-7,13H2,1H3. The van der Waals surface area contributed by atoms with Crippen molar-refractivity contribution in [3.05, 3.63) is 24.3 Å². The van der Waals surface area contributed by atoms with Gasteiger partial charge in [0, 0.05) is 7.11 Å². The van der Waals surface area contributed by atoms with Crippen LogP contribution in [0.3, 0.4) is 0 Å². The minimum Gasteiger partial charge on any atom is -0.364 e. The van der Waals surface area contributed by atoms with Gasteiger partial charge in [0.2, 0.25) is 5.91 Å². The summed E-state index contributed by atoms with van der Waals surface area (Å²) in [6, 6.07) is 7.17. The third-order valence-electron chi connectivity index (χ3n) is 2.63. The summed E-state index contributed by atoms with van der Waals surface area (Å²) in [4.78, 5) is 13.7. The van der Waals surface area contributed by atoms with E-state index < -0.39 is 6.04 Å². The fourth-order valence-corrected chi connectivity index (χ4v) is 2.66. The van der Waals surface area contributed by atoms with Gasteiger partial charge in [-0.25, -0.2) is 0 Å². The molecule has 1 atom stereocenters. The molecule has 17 heavy (non-hydrogen) atoms. The van der Waals surface area contributed by atoms with E-state index in [2.05, 4.69) is 22.9 Å². The Morgan fingerprint density at radius 3 is 2.76 bits per heavy atom. The maximum Gasteiger partial charge on any atom is 0.247 e. The maximum atomic E-state index is 12.1. The second-order valence-corrected chi connectivity index (χ2v) is 4.99. The van der Waals surface area contributed by atoms with Gasteiger partial charge in [-0.15, -0.1) is 0 Å². The highest BCUT2D eigenvalue weighted by molar-refractivity contribution is 14.1. The van der Waals surface area contributed by atoms with Crippen LogP contribution in [0.15, 0.2) is 24.3 Å². The highest BCUT2D eigenvalue weighted by atomic mass is 127. The Labute approximate surface area is 114 Å². The van der Waals surface area contributed by atoms with Gasteiger partial charge in [-0.1, -0.05) is 12.1 Å². The van der Waals surface area contributed by atoms with Crippen molar-refractivity contribution in [2.24, 2.45) is 5.73 Å². The van der Waals surface area contributed by atoms with Crippen LogP contribution in [0.1, 0.15) is 0 Å². The molecular weight excluding hydrogens is 333 g/mol. The lowest BCUT2D eigenvalue weighted by atomic mass is 10.2. The van der Waals surface area contributed by atoms with E-state index in [-0.39, 0.29) is 12.6 Å². The van der Waals surface area contributed by atoms with Gasteiger partial charge in [0.1, 0.15) is 12.8 Å². The summed E-state index contributed by atoms with van der Waals surface area (Å²) in [7, 11) is 1.56. The fourth-order valence-electron chi connectivity index (χ4n) is 1.83. The smallest absolute Gasteiger partial charge is 0.247 e. The SMILES string of the molecule is COCN1C(=O)C(N)CN(I)c2ccccc21. The molecule has 0 aromatic heterocycles. The van der Waals surface area contributed by atoms with Crippen molar-refractivity contribution >= 4 is 40.1 Å². The zero-order valence-corrected chi connectivity index (χ0v) is 11.6. The molecule has 1 aliphatic rings. The van der Waals surface area contributed by atoms with Crippen molar-refractivity contribution in [2.75, 3.05) is 28.4 Å². The molecule has 0 saturated carbocycles. The van der Waals surface area contributed by atoms with E-state index in [1.807, 2.05) is 27.4 Å². The number of rotatable bonds is 2. The van der Waals surface area contributed by atoms with Crippen LogP contribution >= 0.6 is 22.9 Å². The maximum absolute atomic E-state index is 12.1. The Balaban J connectivity index is 2.48. The molecule has 1 aromatic rings. The summed E-state index contributed by atoms with van der Waals surface area (Å²) in [5.41, 5.74) is 7.69. The molecule has 0 fully saturated rings. The second-order valence-electron chi connectivity index (χ2n) is 3.82. The molecule has 1 amide bonds. The lowest BCUT2D eigenvalue weighted by Gasteiger charge is -2.23. The van der Waals surface area contributed by atoms with Crippen molar-refractivity contribution in [1.29, 1.82) is 0 Å². The van der Waals surface area contributed by atoms with Crippen LogP contribution in [-0.4, -0.2) is 32.3 Å². The van der Waals surface area contributed by atoms with E-state index in [0.29, 0.717) is 6.54 Å². The summed E-state index contributed by atoms with van der Waals surface area (Å²) in [5.74, 6) is -0.113. The van der Waals surface area contributed by atoms with E-state index in [1.165, 1.54) is 0 Å². The van der Waals surface area contributed by atoms with Gasteiger partial charge < -0.3 is 13.6 Å². The highest BCUT2D eigenvalue weighted by Crippen LogP contribution is 2.34. The van der Waals surface area contributed by atoms with Crippen molar-refractivity contribution in [3.8, 4) is 0 Å². The Hall–Kier alpha value is -0.860. The molecule has 92 valence electrons. The van der Waals surface area contributed by atoms with E-state index >= 15 is 0 Å². The number of carbonyl (C=O) groups excluding carboxylic acids is 1. The van der Waals surface area contributed by atoms with Gasteiger partial charge >= 0.3 is 0 Å². The number of anilines is 2. The predicted octanol–water partition coefficient (Wildman–Crippen LogP) is 1.12. The first-order valence-corrected chi connectivity index (χ1v) is 6.20. The second kappa shape index (κ2) is 5.19. The molecule has 0 saturated heterocycles. The topological polar surface area (TPSA) is 58.8 Å². The van der Waals surface area contributed by atoms with Gasteiger partial charge in [-0.3, -0.25) is 9.69 Å². The molecule has 6 heteroatoms. The largest absolute Gasteiger partial charge is 0.364 e. The molecule has 5 nitrogen and oxygen atoms in total. The van der Waals surface area contributed by atoms with Crippen molar-refractivity contribution < 1.29 is 9.53 Å². The van der Waals surface area contributed by atoms with Gasteiger partial charge in [-0.05, 0) is 12.1 Å². The number of amides is 1. The summed E-state index contributed by atoms with van der Waals surface area (Å²) >= 11 is 2.17. The highest BCUT2D eigenvalue weighted by Gasteiger charge is 2.30. The molecule has 1 heterocycles. The summed E-state index contributed by atoms with van der Waals surface area (Å²) in [5, 5.41) is 0. The molecule has 1 aromatic carbocycles. The van der Waals surface area contributed by atoms with Crippen molar-refractivity contribution in [3.63, 3.8) is 0 Å². The average Bonchev–Trinajstić information content (AvgIpc) is 2.42. The minimum absolute atomic E-state index is 0.113. The first-order chi connectivity index (χ1) is 8.15. The normalized spacial score (nSPS) is 20.2. The Bertz CT molecular complexity index is 427. The monoisotopic (exact) mass is 347 g/mol. The van der Waals surface area contributed by atoms with Crippen LogP contribution in [0, 0.1) is 0 Å². The number of nitrogens with zero attached hydrogens (tertiary/aromatic N) is 2. The Morgan fingerprint density at radius 2 is 2.12 bits per heavy atom. The fraction of sp³-hybridized carbons (Fsp3) is 0.364. The number of halogens is 1. The van der Waals surface area contributed by atoms with E-state index in [9.17, 15) is 4.79 Å². The van der Waals surface area contributed by atoms with Crippen LogP contribution in [0.2, 0.25) is 0 Å². The molecule has 2 rings (SSSR count). The third kappa shape index (κ3) is 2.38. The zero-order valence-electron chi connectivity index (χ0n) is 9.47. The third-order valence-corrected chi connectivity index (χ3v) is 3.55. The van der Waals surface area contributed by atoms with E-state index in [1.54, 1.807) is 12.0 Å². The van der Waals surface area contributed by atoms with Gasteiger partial charge in [0.05, 0.1) is 40.8 Å². The number of ether oxygens (including phenoxy) is 1. The van der Waals surface area contributed by atoms with Crippen LogP contribution in [-0.2, 0) is 9.53 Å². The van der Waals surface area contributed by atoms with Crippen molar-refractivity contribution in [1.82, 2.24) is 0 Å². The number of carbonyl (C=O) groups is 1. The van der Waals surface area contributed by atoms with Crippen LogP contribution in [0.4, 0.5) is 11.4 Å². The molecule has 0 radical (unpaired) electrons. The van der Waals surface area contributed by atoms with Crippen LogP contribution < -0.4 is 13.7 Å². The number of benzene rings is 1. The van der Waals surface area contributed by atoms with Crippen LogP contribution in [0.25, 0.3) is 0 Å². The molecule has 2 N–H and O–H groups in total. The molecule has 1 aliphatic heterocycles.